The van der Waals surface area contributed by atoms with Crippen LogP contribution in [0.5, 0.6) is 0 Å². The molecule has 0 aliphatic heterocycles. The summed E-state index contributed by atoms with van der Waals surface area (Å²) in [7, 11) is 0. The molecule has 33 heavy (non-hydrogen) atoms. The van der Waals surface area contributed by atoms with Gasteiger partial charge in [-0.25, -0.2) is 4.68 Å². The van der Waals surface area contributed by atoms with E-state index in [1.54, 1.807) is 35.1 Å². The van der Waals surface area contributed by atoms with Gasteiger partial charge in [-0.15, -0.1) is 5.10 Å². The van der Waals surface area contributed by atoms with Crippen LogP contribution < -0.4 is 5.43 Å². The molecule has 1 N–H and O–H groups in total. The molecular weight excluding hydrogens is 426 g/mol. The Balaban J connectivity index is 1.50. The smallest absolute Gasteiger partial charge is 0.269 e. The molecule has 1 heterocycles. The van der Waals surface area contributed by atoms with Crippen LogP contribution in [-0.4, -0.2) is 30.6 Å². The predicted molar refractivity (Wildman–Crippen MR) is 122 cm³/mol. The molecule has 0 amide bonds. The Hall–Kier alpha value is -4.93. The topological polar surface area (TPSA) is 141 Å². The van der Waals surface area contributed by atoms with Crippen LogP contribution in [0.25, 0.3) is 16.9 Å². The molecule has 11 heteroatoms. The highest BCUT2D eigenvalue weighted by molar-refractivity contribution is 5.99. The molecule has 0 fully saturated rings. The van der Waals surface area contributed by atoms with Gasteiger partial charge in [0.2, 0.25) is 0 Å². The van der Waals surface area contributed by atoms with Crippen LogP contribution in [0.2, 0.25) is 0 Å². The SMILES string of the molecule is C/C(=N\Nc1ccc([N+](=O)[O-])cc1)c1ccc(-n2nncc2-c2ccc([N+](=O)[O-])cc2)cc1. The summed E-state index contributed by atoms with van der Waals surface area (Å²) in [6.07, 6.45) is 1.59. The Labute approximate surface area is 187 Å². The number of nitro groups is 2. The summed E-state index contributed by atoms with van der Waals surface area (Å²) in [6, 6.07) is 19.7. The van der Waals surface area contributed by atoms with Crippen LogP contribution in [0, 0.1) is 20.2 Å². The fourth-order valence-electron chi connectivity index (χ4n) is 3.09. The van der Waals surface area contributed by atoms with Crippen molar-refractivity contribution in [2.75, 3.05) is 5.43 Å². The molecule has 4 rings (SSSR count). The zero-order valence-corrected chi connectivity index (χ0v) is 17.3. The molecule has 0 unspecified atom stereocenters. The highest BCUT2D eigenvalue weighted by atomic mass is 16.6. The fraction of sp³-hybridized carbons (Fsp3) is 0.0455. The number of hydrogen-bond acceptors (Lipinski definition) is 8. The zero-order valence-electron chi connectivity index (χ0n) is 17.3. The first-order valence-corrected chi connectivity index (χ1v) is 9.73. The predicted octanol–water partition coefficient (Wildman–Crippen LogP) is 4.59. The summed E-state index contributed by atoms with van der Waals surface area (Å²) in [4.78, 5) is 20.7. The van der Waals surface area contributed by atoms with Crippen molar-refractivity contribution in [3.05, 3.63) is 105 Å². The van der Waals surface area contributed by atoms with Crippen LogP contribution >= 0.6 is 0 Å². The molecule has 0 spiro atoms. The average Bonchev–Trinajstić information content (AvgIpc) is 3.33. The molecule has 0 saturated carbocycles. The molecule has 0 radical (unpaired) electrons. The maximum atomic E-state index is 10.9. The van der Waals surface area contributed by atoms with E-state index in [4.69, 9.17) is 0 Å². The maximum absolute atomic E-state index is 10.9. The van der Waals surface area contributed by atoms with E-state index in [1.165, 1.54) is 24.3 Å². The highest BCUT2D eigenvalue weighted by Crippen LogP contribution is 2.24. The van der Waals surface area contributed by atoms with Gasteiger partial charge in [-0.1, -0.05) is 17.3 Å². The Morgan fingerprint density at radius 2 is 1.45 bits per heavy atom. The van der Waals surface area contributed by atoms with Crippen molar-refractivity contribution in [2.45, 2.75) is 6.92 Å². The van der Waals surface area contributed by atoms with Gasteiger partial charge < -0.3 is 0 Å². The van der Waals surface area contributed by atoms with Gasteiger partial charge in [0.1, 0.15) is 0 Å². The van der Waals surface area contributed by atoms with Gasteiger partial charge in [-0.05, 0) is 48.9 Å². The molecule has 11 nitrogen and oxygen atoms in total. The lowest BCUT2D eigenvalue weighted by atomic mass is 10.1. The van der Waals surface area contributed by atoms with Crippen molar-refractivity contribution in [2.24, 2.45) is 5.10 Å². The maximum Gasteiger partial charge on any atom is 0.269 e. The Bertz CT molecular complexity index is 1330. The number of nitrogens with zero attached hydrogens (tertiary/aromatic N) is 6. The molecular formula is C22H17N7O4. The summed E-state index contributed by atoms with van der Waals surface area (Å²) < 4.78 is 1.65. The van der Waals surface area contributed by atoms with E-state index >= 15 is 0 Å². The van der Waals surface area contributed by atoms with E-state index in [0.29, 0.717) is 17.1 Å². The van der Waals surface area contributed by atoms with Gasteiger partial charge in [0.15, 0.2) is 0 Å². The first-order valence-electron chi connectivity index (χ1n) is 9.73. The van der Waals surface area contributed by atoms with Crippen molar-refractivity contribution in [3.8, 4) is 16.9 Å². The van der Waals surface area contributed by atoms with Crippen LogP contribution in [0.4, 0.5) is 17.1 Å². The molecule has 0 bridgehead atoms. The molecule has 0 aliphatic rings. The molecule has 0 atom stereocenters. The molecule has 3 aromatic carbocycles. The number of nitro benzene ring substituents is 2. The molecule has 0 aliphatic carbocycles. The van der Waals surface area contributed by atoms with Gasteiger partial charge in [0, 0.05) is 29.8 Å². The second kappa shape index (κ2) is 9.06. The monoisotopic (exact) mass is 443 g/mol. The summed E-state index contributed by atoms with van der Waals surface area (Å²) in [5.41, 5.74) is 7.33. The van der Waals surface area contributed by atoms with E-state index in [1.807, 2.05) is 31.2 Å². The second-order valence-corrected chi connectivity index (χ2v) is 6.99. The quantitative estimate of drug-likeness (QED) is 0.250. The number of non-ortho nitro benzene ring substituents is 2. The van der Waals surface area contributed by atoms with E-state index in [-0.39, 0.29) is 11.4 Å². The lowest BCUT2D eigenvalue weighted by Crippen LogP contribution is -2.02. The first-order chi connectivity index (χ1) is 15.9. The average molecular weight is 443 g/mol. The number of hydrogen-bond donors (Lipinski definition) is 1. The minimum Gasteiger partial charge on any atom is -0.278 e. The standard InChI is InChI=1S/C22H17N7O4/c1-15(24-25-18-6-12-21(13-7-18)29(32)33)16-2-8-19(9-3-16)27-22(14-23-26-27)17-4-10-20(11-5-17)28(30)31/h2-14,25H,1H3/b24-15+. The van der Waals surface area contributed by atoms with E-state index in [0.717, 1.165) is 16.8 Å². The third kappa shape index (κ3) is 4.71. The van der Waals surface area contributed by atoms with Crippen LogP contribution in [-0.2, 0) is 0 Å². The van der Waals surface area contributed by atoms with Crippen LogP contribution in [0.1, 0.15) is 12.5 Å². The number of anilines is 1. The number of benzene rings is 3. The fourth-order valence-corrected chi connectivity index (χ4v) is 3.09. The normalized spacial score (nSPS) is 11.2. The van der Waals surface area contributed by atoms with Crippen molar-refractivity contribution in [3.63, 3.8) is 0 Å². The second-order valence-electron chi connectivity index (χ2n) is 6.99. The summed E-state index contributed by atoms with van der Waals surface area (Å²) in [6.45, 7) is 1.84. The lowest BCUT2D eigenvalue weighted by molar-refractivity contribution is -0.385. The number of hydrazone groups is 1. The van der Waals surface area contributed by atoms with Gasteiger partial charge in [-0.3, -0.25) is 25.7 Å². The summed E-state index contributed by atoms with van der Waals surface area (Å²) in [5.74, 6) is 0. The van der Waals surface area contributed by atoms with Crippen molar-refractivity contribution in [1.29, 1.82) is 0 Å². The van der Waals surface area contributed by atoms with Crippen LogP contribution in [0.15, 0.2) is 84.1 Å². The third-order valence-corrected chi connectivity index (χ3v) is 4.88. The Morgan fingerprint density at radius 1 is 0.879 bits per heavy atom. The number of aromatic nitrogens is 3. The van der Waals surface area contributed by atoms with E-state index in [9.17, 15) is 20.2 Å². The Morgan fingerprint density at radius 3 is 2.03 bits per heavy atom. The molecule has 1 aromatic heterocycles. The van der Waals surface area contributed by atoms with Crippen molar-refractivity contribution in [1.82, 2.24) is 15.0 Å². The third-order valence-electron chi connectivity index (χ3n) is 4.88. The first kappa shape index (κ1) is 21.3. The molecule has 164 valence electrons. The van der Waals surface area contributed by atoms with Crippen LogP contribution in [0.3, 0.4) is 0 Å². The largest absolute Gasteiger partial charge is 0.278 e. The van der Waals surface area contributed by atoms with Gasteiger partial charge in [0.05, 0.1) is 38.8 Å². The minimum atomic E-state index is -0.456. The van der Waals surface area contributed by atoms with E-state index < -0.39 is 9.85 Å². The van der Waals surface area contributed by atoms with Gasteiger partial charge in [0.25, 0.3) is 11.4 Å². The van der Waals surface area contributed by atoms with Crippen molar-refractivity contribution >= 4 is 22.8 Å². The number of nitrogens with one attached hydrogen (secondary N) is 1. The van der Waals surface area contributed by atoms with E-state index in [2.05, 4.69) is 20.8 Å². The lowest BCUT2D eigenvalue weighted by Gasteiger charge is -2.08. The molecule has 0 saturated heterocycles. The zero-order chi connectivity index (χ0) is 23.4. The van der Waals surface area contributed by atoms with Gasteiger partial charge in [-0.2, -0.15) is 5.10 Å². The Kier molecular flexibility index (Phi) is 5.85. The highest BCUT2D eigenvalue weighted by Gasteiger charge is 2.11. The molecule has 4 aromatic rings. The van der Waals surface area contributed by atoms with Crippen molar-refractivity contribution < 1.29 is 9.85 Å². The van der Waals surface area contributed by atoms with Gasteiger partial charge >= 0.3 is 0 Å². The minimum absolute atomic E-state index is 0.0121. The summed E-state index contributed by atoms with van der Waals surface area (Å²) in [5, 5.41) is 34.0. The summed E-state index contributed by atoms with van der Waals surface area (Å²) >= 11 is 0. The number of rotatable bonds is 7.